The molecule has 14 heavy (non-hydrogen) atoms. The van der Waals surface area contributed by atoms with E-state index in [1.807, 2.05) is 0 Å². The van der Waals surface area contributed by atoms with Crippen LogP contribution in [0, 0.1) is 0 Å². The maximum absolute atomic E-state index is 9.40. The highest BCUT2D eigenvalue weighted by Crippen LogP contribution is 2.09. The van der Waals surface area contributed by atoms with E-state index in [9.17, 15) is 10.2 Å². The molecule has 0 fully saturated rings. The van der Waals surface area contributed by atoms with Gasteiger partial charge in [-0.3, -0.25) is 0 Å². The van der Waals surface area contributed by atoms with Crippen molar-refractivity contribution in [3.8, 4) is 0 Å². The number of ether oxygens (including phenoxy) is 1. The molecular formula is C8H18O6. The Morgan fingerprint density at radius 2 is 1.50 bits per heavy atom. The Balaban J connectivity index is 4.31. The lowest BCUT2D eigenvalue weighted by atomic mass is 10.0. The Kier molecular flexibility index (Phi) is 6.98. The monoisotopic (exact) mass is 210 g/mol. The van der Waals surface area contributed by atoms with E-state index in [4.69, 9.17) is 20.1 Å². The van der Waals surface area contributed by atoms with Gasteiger partial charge in [0.15, 0.2) is 0 Å². The average Bonchev–Trinajstić information content (AvgIpc) is 2.22. The van der Waals surface area contributed by atoms with Gasteiger partial charge in [0.2, 0.25) is 0 Å². The van der Waals surface area contributed by atoms with Crippen LogP contribution in [0.15, 0.2) is 0 Å². The third-order valence-corrected chi connectivity index (χ3v) is 1.84. The number of aliphatic hydroxyl groups is 5. The van der Waals surface area contributed by atoms with Gasteiger partial charge in [-0.25, -0.2) is 0 Å². The van der Waals surface area contributed by atoms with Gasteiger partial charge in [0.1, 0.15) is 24.4 Å². The van der Waals surface area contributed by atoms with Gasteiger partial charge in [0.05, 0.1) is 13.2 Å². The van der Waals surface area contributed by atoms with Crippen LogP contribution in [-0.2, 0) is 4.74 Å². The first-order valence-corrected chi connectivity index (χ1v) is 4.46. The highest BCUT2D eigenvalue weighted by Gasteiger charge is 2.31. The Hall–Kier alpha value is -0.240. The van der Waals surface area contributed by atoms with Crippen LogP contribution < -0.4 is 0 Å². The molecule has 0 aromatic rings. The predicted octanol–water partition coefficient (Wildman–Crippen LogP) is -2.54. The summed E-state index contributed by atoms with van der Waals surface area (Å²) in [6, 6.07) is 0. The summed E-state index contributed by atoms with van der Waals surface area (Å²) in [6.07, 6.45) is -5.21. The van der Waals surface area contributed by atoms with Crippen molar-refractivity contribution in [3.05, 3.63) is 0 Å². The van der Waals surface area contributed by atoms with Crippen molar-refractivity contribution in [1.29, 1.82) is 0 Å². The zero-order valence-corrected chi connectivity index (χ0v) is 8.08. The Labute approximate surface area is 82.4 Å². The van der Waals surface area contributed by atoms with Crippen molar-refractivity contribution in [1.82, 2.24) is 0 Å². The van der Waals surface area contributed by atoms with Crippen molar-refractivity contribution >= 4 is 0 Å². The second-order valence-electron chi connectivity index (χ2n) is 2.91. The normalized spacial score (nSPS) is 20.1. The summed E-state index contributed by atoms with van der Waals surface area (Å²) in [6.45, 7) is 0.648. The minimum atomic E-state index is -1.43. The van der Waals surface area contributed by atoms with Gasteiger partial charge in [-0.05, 0) is 6.92 Å². The summed E-state index contributed by atoms with van der Waals surface area (Å²) in [4.78, 5) is 0. The maximum Gasteiger partial charge on any atom is 0.114 e. The lowest BCUT2D eigenvalue weighted by Gasteiger charge is -2.28. The second kappa shape index (κ2) is 7.10. The van der Waals surface area contributed by atoms with Crippen molar-refractivity contribution < 1.29 is 30.3 Å². The van der Waals surface area contributed by atoms with E-state index in [1.165, 1.54) is 0 Å². The zero-order valence-electron chi connectivity index (χ0n) is 8.08. The number of aliphatic hydroxyl groups excluding tert-OH is 5. The van der Waals surface area contributed by atoms with Crippen LogP contribution >= 0.6 is 0 Å². The third-order valence-electron chi connectivity index (χ3n) is 1.84. The average molecular weight is 210 g/mol. The summed E-state index contributed by atoms with van der Waals surface area (Å²) < 4.78 is 4.95. The van der Waals surface area contributed by atoms with Crippen LogP contribution in [-0.4, -0.2) is 69.8 Å². The van der Waals surface area contributed by atoms with Gasteiger partial charge < -0.3 is 30.3 Å². The summed E-state index contributed by atoms with van der Waals surface area (Å²) in [7, 11) is 0. The summed E-state index contributed by atoms with van der Waals surface area (Å²) in [5.41, 5.74) is 0. The smallest absolute Gasteiger partial charge is 0.114 e. The SMILES string of the molecule is CCO[C@@H]([C@@H](O)[C@H](O)CO)[C@@H](O)CO. The molecule has 0 rings (SSSR count). The van der Waals surface area contributed by atoms with Crippen molar-refractivity contribution in [2.24, 2.45) is 0 Å². The summed E-state index contributed by atoms with van der Waals surface area (Å²) >= 11 is 0. The van der Waals surface area contributed by atoms with Gasteiger partial charge in [0, 0.05) is 6.61 Å². The van der Waals surface area contributed by atoms with Gasteiger partial charge in [-0.15, -0.1) is 0 Å². The summed E-state index contributed by atoms with van der Waals surface area (Å²) in [5, 5.41) is 45.0. The lowest BCUT2D eigenvalue weighted by molar-refractivity contribution is -0.146. The predicted molar refractivity (Wildman–Crippen MR) is 47.6 cm³/mol. The van der Waals surface area contributed by atoms with E-state index in [0.717, 1.165) is 0 Å². The van der Waals surface area contributed by atoms with Gasteiger partial charge in [0.25, 0.3) is 0 Å². The largest absolute Gasteiger partial charge is 0.394 e. The molecular weight excluding hydrogens is 192 g/mol. The number of hydrogen-bond donors (Lipinski definition) is 5. The van der Waals surface area contributed by atoms with E-state index < -0.39 is 37.6 Å². The van der Waals surface area contributed by atoms with Gasteiger partial charge in [-0.2, -0.15) is 0 Å². The molecule has 5 N–H and O–H groups in total. The highest BCUT2D eigenvalue weighted by atomic mass is 16.5. The first kappa shape index (κ1) is 13.8. The standard InChI is InChI=1S/C8H18O6/c1-2-14-8(6(12)4-10)7(13)5(11)3-9/h5-13H,2-4H2,1H3/t5-,6+,7+,8-/m1/s1. The fourth-order valence-corrected chi connectivity index (χ4v) is 1.06. The first-order chi connectivity index (χ1) is 6.58. The molecule has 0 saturated heterocycles. The Bertz CT molecular complexity index is 142. The quantitative estimate of drug-likeness (QED) is 0.316. The number of rotatable bonds is 7. The fourth-order valence-electron chi connectivity index (χ4n) is 1.06. The molecule has 4 atom stereocenters. The summed E-state index contributed by atoms with van der Waals surface area (Å²) in [5.74, 6) is 0. The molecule has 0 unspecified atom stereocenters. The molecule has 0 aliphatic carbocycles. The van der Waals surface area contributed by atoms with Crippen LogP contribution in [0.25, 0.3) is 0 Å². The van der Waals surface area contributed by atoms with Crippen molar-refractivity contribution in [2.75, 3.05) is 19.8 Å². The van der Waals surface area contributed by atoms with Crippen LogP contribution in [0.1, 0.15) is 6.92 Å². The molecule has 0 amide bonds. The van der Waals surface area contributed by atoms with E-state index >= 15 is 0 Å². The molecule has 0 spiro atoms. The molecule has 0 aromatic carbocycles. The third kappa shape index (κ3) is 3.87. The van der Waals surface area contributed by atoms with E-state index in [1.54, 1.807) is 6.92 Å². The zero-order chi connectivity index (χ0) is 11.1. The first-order valence-electron chi connectivity index (χ1n) is 4.46. The fraction of sp³-hybridized carbons (Fsp3) is 1.00. The molecule has 6 nitrogen and oxygen atoms in total. The van der Waals surface area contributed by atoms with Crippen LogP contribution in [0.5, 0.6) is 0 Å². The molecule has 86 valence electrons. The molecule has 0 heterocycles. The Morgan fingerprint density at radius 1 is 1.00 bits per heavy atom. The van der Waals surface area contributed by atoms with Gasteiger partial charge >= 0.3 is 0 Å². The second-order valence-corrected chi connectivity index (χ2v) is 2.91. The lowest BCUT2D eigenvalue weighted by Crippen LogP contribution is -2.48. The van der Waals surface area contributed by atoms with E-state index in [2.05, 4.69) is 0 Å². The van der Waals surface area contributed by atoms with E-state index in [-0.39, 0.29) is 6.61 Å². The topological polar surface area (TPSA) is 110 Å². The molecule has 0 bridgehead atoms. The molecule has 6 heteroatoms. The van der Waals surface area contributed by atoms with Crippen molar-refractivity contribution in [3.63, 3.8) is 0 Å². The van der Waals surface area contributed by atoms with Crippen LogP contribution in [0.3, 0.4) is 0 Å². The highest BCUT2D eigenvalue weighted by molar-refractivity contribution is 4.81. The number of hydrogen-bond acceptors (Lipinski definition) is 6. The molecule has 0 saturated carbocycles. The maximum atomic E-state index is 9.40. The molecule has 0 aliphatic rings. The van der Waals surface area contributed by atoms with Crippen LogP contribution in [0.2, 0.25) is 0 Å². The van der Waals surface area contributed by atoms with Crippen molar-refractivity contribution in [2.45, 2.75) is 31.3 Å². The molecule has 0 aromatic heterocycles. The molecule has 0 aliphatic heterocycles. The minimum absolute atomic E-state index is 0.219. The van der Waals surface area contributed by atoms with Gasteiger partial charge in [-0.1, -0.05) is 0 Å². The Morgan fingerprint density at radius 3 is 1.86 bits per heavy atom. The van der Waals surface area contributed by atoms with E-state index in [0.29, 0.717) is 0 Å². The molecule has 0 radical (unpaired) electrons. The van der Waals surface area contributed by atoms with Crippen LogP contribution in [0.4, 0.5) is 0 Å². The minimum Gasteiger partial charge on any atom is -0.394 e.